The van der Waals surface area contributed by atoms with E-state index in [1.165, 1.54) is 31.1 Å². The second-order valence-electron chi connectivity index (χ2n) is 11.3. The number of hydrogen-bond donors (Lipinski definition) is 0. The maximum atomic E-state index is 6.78. The Morgan fingerprint density at radius 1 is 0.422 bits per heavy atom. The lowest BCUT2D eigenvalue weighted by atomic mass is 9.88. The average molecular weight is 594 g/mol. The minimum atomic E-state index is 0.914. The van der Waals surface area contributed by atoms with Crippen molar-refractivity contribution in [3.63, 3.8) is 0 Å². The molecular weight excluding hydrogens is 567 g/mol. The fourth-order valence-corrected chi connectivity index (χ4v) is 7.97. The van der Waals surface area contributed by atoms with Crippen molar-refractivity contribution >= 4 is 70.5 Å². The highest BCUT2D eigenvalue weighted by atomic mass is 32.1. The summed E-state index contributed by atoms with van der Waals surface area (Å²) in [6.45, 7) is 0. The van der Waals surface area contributed by atoms with Gasteiger partial charge in [-0.2, -0.15) is 0 Å². The van der Waals surface area contributed by atoms with Crippen LogP contribution >= 0.6 is 11.3 Å². The van der Waals surface area contributed by atoms with Crippen molar-refractivity contribution in [2.45, 2.75) is 0 Å². The molecule has 0 saturated carbocycles. The van der Waals surface area contributed by atoms with Crippen LogP contribution in [0.25, 0.3) is 64.4 Å². The molecule has 212 valence electrons. The van der Waals surface area contributed by atoms with Crippen LogP contribution in [0.5, 0.6) is 0 Å². The average Bonchev–Trinajstić information content (AvgIpc) is 3.68. The van der Waals surface area contributed by atoms with Crippen LogP contribution in [-0.2, 0) is 0 Å². The maximum Gasteiger partial charge on any atom is 0.145 e. The first-order valence-electron chi connectivity index (χ1n) is 15.2. The zero-order valence-corrected chi connectivity index (χ0v) is 25.2. The Hall–Kier alpha value is -5.64. The first-order valence-corrected chi connectivity index (χ1v) is 16.0. The Morgan fingerprint density at radius 3 is 1.64 bits per heavy atom. The van der Waals surface area contributed by atoms with E-state index in [4.69, 9.17) is 4.42 Å². The summed E-state index contributed by atoms with van der Waals surface area (Å²) in [7, 11) is 0. The Kier molecular flexibility index (Phi) is 6.03. The normalized spacial score (nSPS) is 11.6. The molecule has 0 aliphatic carbocycles. The van der Waals surface area contributed by atoms with Crippen molar-refractivity contribution in [3.05, 3.63) is 164 Å². The third-order valence-electron chi connectivity index (χ3n) is 8.65. The van der Waals surface area contributed by atoms with Gasteiger partial charge in [-0.15, -0.1) is 11.3 Å². The lowest BCUT2D eigenvalue weighted by Crippen LogP contribution is -2.09. The third kappa shape index (κ3) is 4.16. The van der Waals surface area contributed by atoms with Gasteiger partial charge in [0.05, 0.1) is 0 Å². The smallest absolute Gasteiger partial charge is 0.145 e. The van der Waals surface area contributed by atoms with Crippen molar-refractivity contribution in [2.75, 3.05) is 4.90 Å². The number of hydrogen-bond acceptors (Lipinski definition) is 3. The quantitative estimate of drug-likeness (QED) is 0.197. The summed E-state index contributed by atoms with van der Waals surface area (Å²) in [5, 5.41) is 4.91. The molecule has 9 aromatic rings. The van der Waals surface area contributed by atoms with Crippen molar-refractivity contribution in [3.8, 4) is 22.3 Å². The minimum Gasteiger partial charge on any atom is -0.455 e. The molecule has 9 rings (SSSR count). The van der Waals surface area contributed by atoms with Gasteiger partial charge >= 0.3 is 0 Å². The number of rotatable bonds is 5. The van der Waals surface area contributed by atoms with Gasteiger partial charge in [-0.1, -0.05) is 115 Å². The van der Waals surface area contributed by atoms with Crippen LogP contribution in [0.15, 0.2) is 168 Å². The summed E-state index contributed by atoms with van der Waals surface area (Å²) >= 11 is 1.86. The van der Waals surface area contributed by atoms with Crippen LogP contribution in [0.2, 0.25) is 0 Å². The largest absolute Gasteiger partial charge is 0.455 e. The molecule has 2 nitrogen and oxygen atoms in total. The molecule has 7 aromatic carbocycles. The molecule has 0 fully saturated rings. The van der Waals surface area contributed by atoms with Gasteiger partial charge in [0.15, 0.2) is 0 Å². The fourth-order valence-electron chi connectivity index (χ4n) is 6.70. The lowest BCUT2D eigenvalue weighted by molar-refractivity contribution is 0.670. The van der Waals surface area contributed by atoms with Crippen molar-refractivity contribution in [2.24, 2.45) is 0 Å². The molecule has 45 heavy (non-hydrogen) atoms. The molecule has 0 saturated heterocycles. The molecule has 0 unspecified atom stereocenters. The van der Waals surface area contributed by atoms with Gasteiger partial charge in [0.25, 0.3) is 0 Å². The molecule has 0 atom stereocenters. The van der Waals surface area contributed by atoms with E-state index in [9.17, 15) is 0 Å². The summed E-state index contributed by atoms with van der Waals surface area (Å²) < 4.78 is 9.33. The van der Waals surface area contributed by atoms with E-state index in [2.05, 4.69) is 169 Å². The van der Waals surface area contributed by atoms with E-state index < -0.39 is 0 Å². The number of anilines is 3. The number of thiophene rings is 1. The van der Waals surface area contributed by atoms with E-state index >= 15 is 0 Å². The summed E-state index contributed by atoms with van der Waals surface area (Å²) in [5.41, 5.74) is 9.85. The van der Waals surface area contributed by atoms with Crippen LogP contribution in [0.3, 0.4) is 0 Å². The van der Waals surface area contributed by atoms with E-state index in [-0.39, 0.29) is 0 Å². The Balaban J connectivity index is 1.36. The molecule has 0 spiro atoms. The van der Waals surface area contributed by atoms with Gasteiger partial charge in [0.2, 0.25) is 0 Å². The molecule has 0 amide bonds. The van der Waals surface area contributed by atoms with Gasteiger partial charge < -0.3 is 9.32 Å². The Labute approximate surface area is 265 Å². The number of benzene rings is 7. The van der Waals surface area contributed by atoms with Crippen LogP contribution in [0.4, 0.5) is 17.1 Å². The van der Waals surface area contributed by atoms with Gasteiger partial charge in [0, 0.05) is 59.1 Å². The summed E-state index contributed by atoms with van der Waals surface area (Å²) in [5.74, 6) is 0. The Morgan fingerprint density at radius 2 is 0.956 bits per heavy atom. The predicted octanol–water partition coefficient (Wildman–Crippen LogP) is 12.8. The van der Waals surface area contributed by atoms with E-state index in [1.54, 1.807) is 0 Å². The van der Waals surface area contributed by atoms with Gasteiger partial charge in [-0.3, -0.25) is 0 Å². The molecule has 0 bridgehead atoms. The highest BCUT2D eigenvalue weighted by Crippen LogP contribution is 2.52. The topological polar surface area (TPSA) is 16.4 Å². The SMILES string of the molecule is c1ccc(-c2c(-c3ccc(N(c4ccccc4)c4ccccc4)cc3)c3c4ccccc4sc3c3c2oc2ccccc23)cc1. The van der Waals surface area contributed by atoms with Crippen molar-refractivity contribution in [1.29, 1.82) is 0 Å². The third-order valence-corrected chi connectivity index (χ3v) is 9.84. The number of nitrogens with zero attached hydrogens (tertiary/aromatic N) is 1. The molecule has 0 N–H and O–H groups in total. The van der Waals surface area contributed by atoms with E-state index in [0.717, 1.165) is 50.3 Å². The number of furan rings is 1. The molecule has 2 heterocycles. The van der Waals surface area contributed by atoms with Crippen LogP contribution in [-0.4, -0.2) is 0 Å². The molecule has 0 aliphatic heterocycles. The van der Waals surface area contributed by atoms with Crippen LogP contribution in [0, 0.1) is 0 Å². The first kappa shape index (κ1) is 25.8. The molecule has 2 aromatic heterocycles. The predicted molar refractivity (Wildman–Crippen MR) is 192 cm³/mol. The maximum absolute atomic E-state index is 6.78. The Bertz CT molecular complexity index is 2420. The van der Waals surface area contributed by atoms with Crippen molar-refractivity contribution in [1.82, 2.24) is 0 Å². The molecule has 0 radical (unpaired) electrons. The van der Waals surface area contributed by atoms with E-state index in [1.807, 2.05) is 11.3 Å². The van der Waals surface area contributed by atoms with Crippen LogP contribution in [0.1, 0.15) is 0 Å². The van der Waals surface area contributed by atoms with Crippen molar-refractivity contribution < 1.29 is 4.42 Å². The standard InChI is InChI=1S/C42H27NOS/c1-4-14-28(15-5-1)38-37(29-24-26-32(27-25-29)43(30-16-6-2-7-17-30)31-18-8-3-9-19-31)39-34-21-11-13-23-36(34)45-42(39)40-33-20-10-12-22-35(33)44-41(38)40/h1-27H. The molecule has 3 heteroatoms. The van der Waals surface area contributed by atoms with E-state index in [0.29, 0.717) is 0 Å². The fraction of sp³-hybridized carbons (Fsp3) is 0. The number of para-hydroxylation sites is 3. The monoisotopic (exact) mass is 593 g/mol. The summed E-state index contributed by atoms with van der Waals surface area (Å²) in [6, 6.07) is 58.1. The second-order valence-corrected chi connectivity index (χ2v) is 12.3. The molecular formula is C42H27NOS. The zero-order valence-electron chi connectivity index (χ0n) is 24.4. The zero-order chi connectivity index (χ0) is 29.7. The molecule has 0 aliphatic rings. The minimum absolute atomic E-state index is 0.914. The lowest BCUT2D eigenvalue weighted by Gasteiger charge is -2.25. The van der Waals surface area contributed by atoms with Gasteiger partial charge in [0.1, 0.15) is 11.2 Å². The summed E-state index contributed by atoms with van der Waals surface area (Å²) in [4.78, 5) is 2.31. The van der Waals surface area contributed by atoms with Gasteiger partial charge in [-0.25, -0.2) is 0 Å². The highest BCUT2D eigenvalue weighted by molar-refractivity contribution is 7.27. The highest BCUT2D eigenvalue weighted by Gasteiger charge is 2.25. The second kappa shape index (κ2) is 10.5. The van der Waals surface area contributed by atoms with Gasteiger partial charge in [-0.05, 0) is 59.7 Å². The first-order chi connectivity index (χ1) is 22.3. The summed E-state index contributed by atoms with van der Waals surface area (Å²) in [6.07, 6.45) is 0. The number of fused-ring (bicyclic) bond motifs is 7. The van der Waals surface area contributed by atoms with Crippen LogP contribution < -0.4 is 4.90 Å².